The van der Waals surface area contributed by atoms with Gasteiger partial charge in [0.15, 0.2) is 5.16 Å². The molecule has 2 aromatic carbocycles. The number of thioether (sulfide) groups is 1. The van der Waals surface area contributed by atoms with Crippen LogP contribution < -0.4 is 0 Å². The van der Waals surface area contributed by atoms with Gasteiger partial charge in [-0.05, 0) is 29.8 Å². The number of halogens is 2. The van der Waals surface area contributed by atoms with E-state index in [-0.39, 0.29) is 5.75 Å². The molecule has 4 nitrogen and oxygen atoms in total. The Morgan fingerprint density at radius 2 is 2.18 bits per heavy atom. The number of rotatable bonds is 4. The number of H-pyrrole nitrogens is 1. The number of carboxylic acid groups (broad SMARTS) is 1. The van der Waals surface area contributed by atoms with Gasteiger partial charge in [0.2, 0.25) is 0 Å². The van der Waals surface area contributed by atoms with Crippen LogP contribution in [0.3, 0.4) is 0 Å². The van der Waals surface area contributed by atoms with Crippen molar-refractivity contribution in [1.29, 1.82) is 0 Å². The standard InChI is InChI=1S/C15H10BrClN2O2S/c16-9-3-1-2-8(4-9)10-5-12-13(6-11(10)17)19-15(18-12)22-7-14(20)21/h1-6H,7H2,(H,18,19)(H,20,21). The molecule has 0 aliphatic heterocycles. The second-order valence-corrected chi connectivity index (χ2v) is 6.87. The third-order valence-corrected chi connectivity index (χ3v) is 4.68. The van der Waals surface area contributed by atoms with Crippen LogP contribution in [0.5, 0.6) is 0 Å². The molecule has 1 aromatic heterocycles. The lowest BCUT2D eigenvalue weighted by atomic mass is 10.1. The summed E-state index contributed by atoms with van der Waals surface area (Å²) < 4.78 is 0.973. The van der Waals surface area contributed by atoms with Crippen LogP contribution in [-0.4, -0.2) is 26.8 Å². The predicted octanol–water partition coefficient (Wildman–Crippen LogP) is 4.82. The summed E-state index contributed by atoms with van der Waals surface area (Å²) in [6, 6.07) is 11.6. The van der Waals surface area contributed by atoms with Crippen LogP contribution in [0.2, 0.25) is 5.02 Å². The highest BCUT2D eigenvalue weighted by atomic mass is 79.9. The van der Waals surface area contributed by atoms with Gasteiger partial charge in [0, 0.05) is 10.0 Å². The number of nitrogens with one attached hydrogen (secondary N) is 1. The predicted molar refractivity (Wildman–Crippen MR) is 92.6 cm³/mol. The molecule has 0 fully saturated rings. The topological polar surface area (TPSA) is 66.0 Å². The molecule has 0 spiro atoms. The molecule has 22 heavy (non-hydrogen) atoms. The molecule has 0 radical (unpaired) electrons. The molecule has 0 aliphatic carbocycles. The van der Waals surface area contributed by atoms with Gasteiger partial charge in [0.05, 0.1) is 21.8 Å². The summed E-state index contributed by atoms with van der Waals surface area (Å²) >= 11 is 11.0. The van der Waals surface area contributed by atoms with Gasteiger partial charge in [-0.15, -0.1) is 0 Å². The Kier molecular flexibility index (Phi) is 4.42. The minimum absolute atomic E-state index is 0.0357. The van der Waals surface area contributed by atoms with E-state index in [4.69, 9.17) is 16.7 Å². The number of hydrogen-bond donors (Lipinski definition) is 2. The Bertz CT molecular complexity index is 866. The quantitative estimate of drug-likeness (QED) is 0.619. The number of benzene rings is 2. The number of nitrogens with zero attached hydrogens (tertiary/aromatic N) is 1. The fraction of sp³-hybridized carbons (Fsp3) is 0.0667. The van der Waals surface area contributed by atoms with Crippen molar-refractivity contribution >= 4 is 56.3 Å². The molecule has 0 atom stereocenters. The first kappa shape index (κ1) is 15.4. The number of carbonyl (C=O) groups is 1. The monoisotopic (exact) mass is 396 g/mol. The smallest absolute Gasteiger partial charge is 0.313 e. The second-order valence-electron chi connectivity index (χ2n) is 4.58. The number of imidazole rings is 1. The van der Waals surface area contributed by atoms with Crippen molar-refractivity contribution in [1.82, 2.24) is 9.97 Å². The first-order valence-electron chi connectivity index (χ1n) is 6.33. The third-order valence-electron chi connectivity index (χ3n) is 3.02. The minimum Gasteiger partial charge on any atom is -0.481 e. The highest BCUT2D eigenvalue weighted by Crippen LogP contribution is 2.33. The molecule has 7 heteroatoms. The lowest BCUT2D eigenvalue weighted by Crippen LogP contribution is -1.97. The minimum atomic E-state index is -0.877. The summed E-state index contributed by atoms with van der Waals surface area (Å²) in [6.07, 6.45) is 0. The van der Waals surface area contributed by atoms with Crippen LogP contribution >= 0.6 is 39.3 Å². The van der Waals surface area contributed by atoms with Crippen molar-refractivity contribution in [2.75, 3.05) is 5.75 Å². The first-order valence-corrected chi connectivity index (χ1v) is 8.48. The highest BCUT2D eigenvalue weighted by Gasteiger charge is 2.11. The highest BCUT2D eigenvalue weighted by molar-refractivity contribution is 9.10. The Labute approximate surface area is 144 Å². The Morgan fingerprint density at radius 3 is 2.91 bits per heavy atom. The maximum absolute atomic E-state index is 10.6. The van der Waals surface area contributed by atoms with Crippen LogP contribution in [0, 0.1) is 0 Å². The van der Waals surface area contributed by atoms with Gasteiger partial charge in [0.25, 0.3) is 0 Å². The largest absolute Gasteiger partial charge is 0.481 e. The van der Waals surface area contributed by atoms with Crippen LogP contribution in [0.25, 0.3) is 22.2 Å². The molecule has 2 N–H and O–H groups in total. The van der Waals surface area contributed by atoms with E-state index in [1.165, 1.54) is 0 Å². The zero-order chi connectivity index (χ0) is 15.7. The van der Waals surface area contributed by atoms with Crippen molar-refractivity contribution < 1.29 is 9.90 Å². The van der Waals surface area contributed by atoms with Crippen molar-refractivity contribution in [2.24, 2.45) is 0 Å². The number of hydrogen-bond acceptors (Lipinski definition) is 3. The van der Waals surface area contributed by atoms with Gasteiger partial charge >= 0.3 is 5.97 Å². The molecule has 0 unspecified atom stereocenters. The Balaban J connectivity index is 2.02. The van der Waals surface area contributed by atoms with Gasteiger partial charge in [-0.1, -0.05) is 51.4 Å². The summed E-state index contributed by atoms with van der Waals surface area (Å²) in [6.45, 7) is 0. The van der Waals surface area contributed by atoms with Crippen LogP contribution in [0.1, 0.15) is 0 Å². The Morgan fingerprint density at radius 1 is 1.36 bits per heavy atom. The van der Waals surface area contributed by atoms with Gasteiger partial charge in [-0.25, -0.2) is 4.98 Å². The molecule has 112 valence electrons. The third kappa shape index (κ3) is 3.29. The summed E-state index contributed by atoms with van der Waals surface area (Å²) in [7, 11) is 0. The molecular formula is C15H10BrClN2O2S. The van der Waals surface area contributed by atoms with E-state index < -0.39 is 5.97 Å². The molecule has 0 saturated heterocycles. The van der Waals surface area contributed by atoms with Gasteiger partial charge in [-0.3, -0.25) is 4.79 Å². The van der Waals surface area contributed by atoms with Gasteiger partial charge in [-0.2, -0.15) is 0 Å². The number of aromatic nitrogens is 2. The fourth-order valence-corrected chi connectivity index (χ4v) is 3.36. The van der Waals surface area contributed by atoms with Crippen LogP contribution in [-0.2, 0) is 4.79 Å². The van der Waals surface area contributed by atoms with Gasteiger partial charge < -0.3 is 10.1 Å². The van der Waals surface area contributed by atoms with E-state index in [2.05, 4.69) is 25.9 Å². The van der Waals surface area contributed by atoms with E-state index in [1.807, 2.05) is 36.4 Å². The lowest BCUT2D eigenvalue weighted by Gasteiger charge is -2.05. The SMILES string of the molecule is O=C(O)CSc1nc2cc(-c3cccc(Br)c3)c(Cl)cc2[nH]1. The summed E-state index contributed by atoms with van der Waals surface area (Å²) in [5, 5.41) is 9.91. The van der Waals surface area contributed by atoms with E-state index in [0.717, 1.165) is 38.4 Å². The average Bonchev–Trinajstić information content (AvgIpc) is 2.86. The zero-order valence-electron chi connectivity index (χ0n) is 11.1. The molecule has 0 aliphatic rings. The van der Waals surface area contributed by atoms with Crippen LogP contribution in [0.15, 0.2) is 46.0 Å². The van der Waals surface area contributed by atoms with Crippen LogP contribution in [0.4, 0.5) is 0 Å². The lowest BCUT2D eigenvalue weighted by molar-refractivity contribution is -0.133. The second kappa shape index (κ2) is 6.32. The number of aliphatic carboxylic acids is 1. The number of carboxylic acids is 1. The van der Waals surface area contributed by atoms with Crippen molar-refractivity contribution in [2.45, 2.75) is 5.16 Å². The molecule has 3 rings (SSSR count). The fourth-order valence-electron chi connectivity index (χ4n) is 2.08. The molecule has 0 amide bonds. The van der Waals surface area contributed by atoms with Crippen molar-refractivity contribution in [3.05, 3.63) is 45.9 Å². The average molecular weight is 398 g/mol. The maximum atomic E-state index is 10.6. The molecule has 0 saturated carbocycles. The number of aromatic amines is 1. The zero-order valence-corrected chi connectivity index (χ0v) is 14.3. The molecule has 0 bridgehead atoms. The Hall–Kier alpha value is -1.50. The first-order chi connectivity index (χ1) is 10.5. The van der Waals surface area contributed by atoms with Crippen molar-refractivity contribution in [3.8, 4) is 11.1 Å². The van der Waals surface area contributed by atoms with E-state index in [9.17, 15) is 4.79 Å². The normalized spacial score (nSPS) is 11.0. The molecular weight excluding hydrogens is 388 g/mol. The van der Waals surface area contributed by atoms with E-state index >= 15 is 0 Å². The van der Waals surface area contributed by atoms with E-state index in [1.54, 1.807) is 0 Å². The number of fused-ring (bicyclic) bond motifs is 1. The van der Waals surface area contributed by atoms with E-state index in [0.29, 0.717) is 10.2 Å². The molecule has 1 heterocycles. The summed E-state index contributed by atoms with van der Waals surface area (Å²) in [4.78, 5) is 18.1. The van der Waals surface area contributed by atoms with Gasteiger partial charge in [0.1, 0.15) is 0 Å². The maximum Gasteiger partial charge on any atom is 0.313 e. The summed E-state index contributed by atoms with van der Waals surface area (Å²) in [5.74, 6) is -0.912. The molecule has 3 aromatic rings. The summed E-state index contributed by atoms with van der Waals surface area (Å²) in [5.41, 5.74) is 3.42. The van der Waals surface area contributed by atoms with Crippen molar-refractivity contribution in [3.63, 3.8) is 0 Å².